The van der Waals surface area contributed by atoms with Crippen LogP contribution in [0.3, 0.4) is 0 Å². The number of rotatable bonds is 4. The van der Waals surface area contributed by atoms with Gasteiger partial charge in [0.15, 0.2) is 0 Å². The summed E-state index contributed by atoms with van der Waals surface area (Å²) in [5.74, 6) is 2.20. The van der Waals surface area contributed by atoms with Crippen LogP contribution in [0.5, 0.6) is 11.5 Å². The quantitative estimate of drug-likeness (QED) is 0.802. The number of hydrogen-bond acceptors (Lipinski definition) is 2. The molecule has 0 saturated carbocycles. The Labute approximate surface area is 115 Å². The summed E-state index contributed by atoms with van der Waals surface area (Å²) < 4.78 is 10.9. The molecule has 2 aromatic carbocycles. The number of ether oxygens (including phenoxy) is 2. The molecule has 2 heteroatoms. The average Bonchev–Trinajstić information content (AvgIpc) is 2.46. The second kappa shape index (κ2) is 5.79. The van der Waals surface area contributed by atoms with Crippen molar-refractivity contribution in [3.05, 3.63) is 48.0 Å². The van der Waals surface area contributed by atoms with Crippen LogP contribution in [-0.4, -0.2) is 14.2 Å². The van der Waals surface area contributed by atoms with Crippen molar-refractivity contribution in [1.29, 1.82) is 0 Å². The Morgan fingerprint density at radius 2 is 1.32 bits per heavy atom. The van der Waals surface area contributed by atoms with E-state index in [2.05, 4.69) is 38.1 Å². The predicted molar refractivity (Wildman–Crippen MR) is 79.1 cm³/mol. The van der Waals surface area contributed by atoms with Crippen LogP contribution in [0, 0.1) is 0 Å². The van der Waals surface area contributed by atoms with E-state index in [9.17, 15) is 0 Å². The van der Waals surface area contributed by atoms with Gasteiger partial charge in [-0.3, -0.25) is 0 Å². The molecule has 0 atom stereocenters. The maximum atomic E-state index is 5.44. The monoisotopic (exact) mass is 256 g/mol. The van der Waals surface area contributed by atoms with Crippen LogP contribution < -0.4 is 9.47 Å². The van der Waals surface area contributed by atoms with Crippen molar-refractivity contribution in [3.8, 4) is 22.6 Å². The molecule has 0 aliphatic carbocycles. The van der Waals surface area contributed by atoms with Crippen LogP contribution in [0.25, 0.3) is 11.1 Å². The highest BCUT2D eigenvalue weighted by atomic mass is 16.5. The second-order valence-electron chi connectivity index (χ2n) is 4.81. The molecule has 100 valence electrons. The van der Waals surface area contributed by atoms with E-state index in [1.165, 1.54) is 5.56 Å². The van der Waals surface area contributed by atoms with Gasteiger partial charge in [0.2, 0.25) is 0 Å². The van der Waals surface area contributed by atoms with Gasteiger partial charge in [-0.2, -0.15) is 0 Å². The van der Waals surface area contributed by atoms with Crippen molar-refractivity contribution in [2.75, 3.05) is 14.2 Å². The van der Waals surface area contributed by atoms with Crippen LogP contribution in [0.1, 0.15) is 25.3 Å². The molecule has 0 aromatic heterocycles. The minimum atomic E-state index is 0.536. The van der Waals surface area contributed by atoms with E-state index in [0.29, 0.717) is 5.92 Å². The topological polar surface area (TPSA) is 18.5 Å². The molecule has 19 heavy (non-hydrogen) atoms. The molecule has 2 nitrogen and oxygen atoms in total. The number of benzene rings is 2. The molecule has 2 aromatic rings. The van der Waals surface area contributed by atoms with E-state index in [1.807, 2.05) is 18.2 Å². The third-order valence-corrected chi connectivity index (χ3v) is 3.29. The number of methoxy groups -OCH3 is 2. The molecule has 2 rings (SSSR count). The van der Waals surface area contributed by atoms with E-state index in [0.717, 1.165) is 22.6 Å². The minimum Gasteiger partial charge on any atom is -0.496 e. The van der Waals surface area contributed by atoms with Gasteiger partial charge in [-0.1, -0.05) is 44.2 Å². The summed E-state index contributed by atoms with van der Waals surface area (Å²) in [4.78, 5) is 0. The maximum absolute atomic E-state index is 5.44. The van der Waals surface area contributed by atoms with Gasteiger partial charge in [0.25, 0.3) is 0 Å². The Morgan fingerprint density at radius 3 is 1.74 bits per heavy atom. The highest BCUT2D eigenvalue weighted by molar-refractivity contribution is 5.77. The van der Waals surface area contributed by atoms with Crippen molar-refractivity contribution in [1.82, 2.24) is 0 Å². The van der Waals surface area contributed by atoms with Crippen LogP contribution in [0.2, 0.25) is 0 Å². The van der Waals surface area contributed by atoms with Crippen LogP contribution in [0.15, 0.2) is 42.5 Å². The van der Waals surface area contributed by atoms with Gasteiger partial charge >= 0.3 is 0 Å². The highest BCUT2D eigenvalue weighted by Gasteiger charge is 2.12. The first-order valence-corrected chi connectivity index (χ1v) is 6.48. The van der Waals surface area contributed by atoms with Gasteiger partial charge in [-0.25, -0.2) is 0 Å². The lowest BCUT2D eigenvalue weighted by Gasteiger charge is -2.14. The Morgan fingerprint density at radius 1 is 0.789 bits per heavy atom. The second-order valence-corrected chi connectivity index (χ2v) is 4.81. The van der Waals surface area contributed by atoms with Gasteiger partial charge in [0, 0.05) is 0 Å². The van der Waals surface area contributed by atoms with E-state index < -0.39 is 0 Å². The first kappa shape index (κ1) is 13.5. The third kappa shape index (κ3) is 2.73. The van der Waals surface area contributed by atoms with E-state index in [-0.39, 0.29) is 0 Å². The van der Waals surface area contributed by atoms with Crippen molar-refractivity contribution in [2.24, 2.45) is 0 Å². The summed E-state index contributed by atoms with van der Waals surface area (Å²) in [5, 5.41) is 0. The van der Waals surface area contributed by atoms with Gasteiger partial charge in [0.1, 0.15) is 11.5 Å². The summed E-state index contributed by atoms with van der Waals surface area (Å²) in [5.41, 5.74) is 3.44. The third-order valence-electron chi connectivity index (χ3n) is 3.29. The molecule has 0 amide bonds. The SMILES string of the molecule is COc1cccc(OC)c1-c1ccc(C(C)C)cc1. The van der Waals surface area contributed by atoms with Crippen LogP contribution in [0.4, 0.5) is 0 Å². The molecule has 0 unspecified atom stereocenters. The minimum absolute atomic E-state index is 0.536. The Bertz CT molecular complexity index is 519. The summed E-state index contributed by atoms with van der Waals surface area (Å²) in [6, 6.07) is 14.4. The van der Waals surface area contributed by atoms with Crippen molar-refractivity contribution in [2.45, 2.75) is 19.8 Å². The van der Waals surface area contributed by atoms with Gasteiger partial charge in [-0.05, 0) is 29.2 Å². The normalized spacial score (nSPS) is 10.6. The number of hydrogen-bond donors (Lipinski definition) is 0. The fourth-order valence-corrected chi connectivity index (χ4v) is 2.17. The van der Waals surface area contributed by atoms with Crippen molar-refractivity contribution < 1.29 is 9.47 Å². The maximum Gasteiger partial charge on any atom is 0.130 e. The fraction of sp³-hybridized carbons (Fsp3) is 0.294. The van der Waals surface area contributed by atoms with E-state index in [1.54, 1.807) is 14.2 Å². The molecule has 0 aliphatic rings. The van der Waals surface area contributed by atoms with Crippen molar-refractivity contribution in [3.63, 3.8) is 0 Å². The fourth-order valence-electron chi connectivity index (χ4n) is 2.17. The molecule has 0 radical (unpaired) electrons. The van der Waals surface area contributed by atoms with E-state index in [4.69, 9.17) is 9.47 Å². The average molecular weight is 256 g/mol. The summed E-state index contributed by atoms with van der Waals surface area (Å²) in [6.45, 7) is 4.39. The van der Waals surface area contributed by atoms with E-state index >= 15 is 0 Å². The first-order valence-electron chi connectivity index (χ1n) is 6.48. The Balaban J connectivity index is 2.51. The largest absolute Gasteiger partial charge is 0.496 e. The molecular formula is C17H20O2. The molecular weight excluding hydrogens is 236 g/mol. The molecule has 0 bridgehead atoms. The van der Waals surface area contributed by atoms with Crippen LogP contribution >= 0.6 is 0 Å². The first-order chi connectivity index (χ1) is 9.17. The zero-order valence-electron chi connectivity index (χ0n) is 11.9. The smallest absolute Gasteiger partial charge is 0.130 e. The molecule has 0 spiro atoms. The Kier molecular flexibility index (Phi) is 4.10. The van der Waals surface area contributed by atoms with Crippen molar-refractivity contribution >= 4 is 0 Å². The Hall–Kier alpha value is -1.96. The molecule has 0 fully saturated rings. The summed E-state index contributed by atoms with van der Waals surface area (Å²) in [6.07, 6.45) is 0. The van der Waals surface area contributed by atoms with Gasteiger partial charge in [0.05, 0.1) is 19.8 Å². The zero-order chi connectivity index (χ0) is 13.8. The summed E-state index contributed by atoms with van der Waals surface area (Å²) in [7, 11) is 3.36. The summed E-state index contributed by atoms with van der Waals surface area (Å²) >= 11 is 0. The predicted octanol–water partition coefficient (Wildman–Crippen LogP) is 4.49. The lowest BCUT2D eigenvalue weighted by Crippen LogP contribution is -1.93. The van der Waals surface area contributed by atoms with Gasteiger partial charge in [-0.15, -0.1) is 0 Å². The molecule has 0 saturated heterocycles. The lowest BCUT2D eigenvalue weighted by atomic mass is 9.98. The van der Waals surface area contributed by atoms with Crippen LogP contribution in [-0.2, 0) is 0 Å². The highest BCUT2D eigenvalue weighted by Crippen LogP contribution is 2.38. The lowest BCUT2D eigenvalue weighted by molar-refractivity contribution is 0.397. The molecule has 0 aliphatic heterocycles. The standard InChI is InChI=1S/C17H20O2/c1-12(2)13-8-10-14(11-9-13)17-15(18-3)6-5-7-16(17)19-4/h5-12H,1-4H3. The van der Waals surface area contributed by atoms with Gasteiger partial charge < -0.3 is 9.47 Å². The molecule has 0 heterocycles. The molecule has 0 N–H and O–H groups in total. The zero-order valence-corrected chi connectivity index (χ0v) is 11.9.